The zero-order chi connectivity index (χ0) is 11.4. The summed E-state index contributed by atoms with van der Waals surface area (Å²) >= 11 is 0. The van der Waals surface area contributed by atoms with Gasteiger partial charge in [0.25, 0.3) is 0 Å². The van der Waals surface area contributed by atoms with Crippen molar-refractivity contribution >= 4 is 5.97 Å². The van der Waals surface area contributed by atoms with E-state index in [4.69, 9.17) is 5.11 Å². The van der Waals surface area contributed by atoms with Crippen molar-refractivity contribution in [2.24, 2.45) is 0 Å². The van der Waals surface area contributed by atoms with Gasteiger partial charge in [-0.15, -0.1) is 0 Å². The third-order valence-electron chi connectivity index (χ3n) is 2.40. The number of aliphatic carboxylic acids is 1. The zero-order valence-corrected chi connectivity index (χ0v) is 9.87. The molecule has 0 fully saturated rings. The van der Waals surface area contributed by atoms with Gasteiger partial charge < -0.3 is 5.11 Å². The number of hydrogen-bond acceptors (Lipinski definition) is 1. The van der Waals surface area contributed by atoms with Crippen LogP contribution in [0.4, 0.5) is 0 Å². The standard InChI is InChI=1S/C13H24O2/c1-2-3-4-5-6-7-8-9-10-11-12-13(14)15/h8-9H,2-7,10-12H2,1H3,(H,14,15)/b9-8-. The SMILES string of the molecule is CCCCCCC/C=C\CCCC(=O)O. The first-order chi connectivity index (χ1) is 7.27. The molecule has 0 unspecified atom stereocenters. The molecule has 0 aromatic rings. The van der Waals surface area contributed by atoms with Gasteiger partial charge in [0.2, 0.25) is 0 Å². The van der Waals surface area contributed by atoms with E-state index in [0.717, 1.165) is 19.3 Å². The molecule has 0 spiro atoms. The highest BCUT2D eigenvalue weighted by Crippen LogP contribution is 2.06. The lowest BCUT2D eigenvalue weighted by molar-refractivity contribution is -0.137. The Morgan fingerprint density at radius 3 is 2.20 bits per heavy atom. The Balaban J connectivity index is 3.07. The minimum absolute atomic E-state index is 0.292. The van der Waals surface area contributed by atoms with E-state index in [1.54, 1.807) is 0 Å². The number of carboxylic acids is 1. The monoisotopic (exact) mass is 212 g/mol. The molecule has 0 aliphatic heterocycles. The molecule has 0 aliphatic rings. The van der Waals surface area contributed by atoms with E-state index in [0.29, 0.717) is 6.42 Å². The minimum atomic E-state index is -0.692. The van der Waals surface area contributed by atoms with E-state index in [9.17, 15) is 4.79 Å². The molecule has 0 radical (unpaired) electrons. The molecule has 0 aromatic carbocycles. The first kappa shape index (κ1) is 14.2. The highest BCUT2D eigenvalue weighted by molar-refractivity contribution is 5.66. The smallest absolute Gasteiger partial charge is 0.303 e. The summed E-state index contributed by atoms with van der Waals surface area (Å²) in [5.41, 5.74) is 0. The number of rotatable bonds is 10. The summed E-state index contributed by atoms with van der Waals surface area (Å²) in [6.07, 6.45) is 14.0. The Morgan fingerprint density at radius 1 is 1.00 bits per heavy atom. The molecule has 15 heavy (non-hydrogen) atoms. The lowest BCUT2D eigenvalue weighted by atomic mass is 10.1. The second-order valence-corrected chi connectivity index (χ2v) is 3.96. The van der Waals surface area contributed by atoms with Crippen LogP contribution < -0.4 is 0 Å². The normalized spacial score (nSPS) is 11.0. The van der Waals surface area contributed by atoms with E-state index < -0.39 is 5.97 Å². The Hall–Kier alpha value is -0.790. The Bertz CT molecular complexity index is 173. The van der Waals surface area contributed by atoms with Crippen molar-refractivity contribution in [3.8, 4) is 0 Å². The molecule has 0 bridgehead atoms. The van der Waals surface area contributed by atoms with Crippen molar-refractivity contribution < 1.29 is 9.90 Å². The predicted octanol–water partition coefficient (Wildman–Crippen LogP) is 4.16. The third-order valence-corrected chi connectivity index (χ3v) is 2.40. The van der Waals surface area contributed by atoms with Crippen LogP contribution in [-0.4, -0.2) is 11.1 Å². The topological polar surface area (TPSA) is 37.3 Å². The van der Waals surface area contributed by atoms with Crippen LogP contribution in [0.15, 0.2) is 12.2 Å². The average Bonchev–Trinajstić information content (AvgIpc) is 2.20. The van der Waals surface area contributed by atoms with Gasteiger partial charge in [-0.05, 0) is 25.7 Å². The summed E-state index contributed by atoms with van der Waals surface area (Å²) < 4.78 is 0. The van der Waals surface area contributed by atoms with Crippen molar-refractivity contribution in [1.29, 1.82) is 0 Å². The maximum atomic E-state index is 10.2. The van der Waals surface area contributed by atoms with Crippen molar-refractivity contribution in [3.05, 3.63) is 12.2 Å². The fourth-order valence-electron chi connectivity index (χ4n) is 1.47. The summed E-state index contributed by atoms with van der Waals surface area (Å²) in [6, 6.07) is 0. The van der Waals surface area contributed by atoms with E-state index >= 15 is 0 Å². The van der Waals surface area contributed by atoms with Gasteiger partial charge in [0.1, 0.15) is 0 Å². The third kappa shape index (κ3) is 13.2. The maximum Gasteiger partial charge on any atom is 0.303 e. The highest BCUT2D eigenvalue weighted by Gasteiger charge is 1.93. The molecule has 0 aromatic heterocycles. The fraction of sp³-hybridized carbons (Fsp3) is 0.769. The van der Waals surface area contributed by atoms with Crippen molar-refractivity contribution in [2.45, 2.75) is 64.7 Å². The summed E-state index contributed by atoms with van der Waals surface area (Å²) in [4.78, 5) is 10.2. The van der Waals surface area contributed by atoms with Crippen LogP contribution >= 0.6 is 0 Å². The first-order valence-electron chi connectivity index (χ1n) is 6.14. The Kier molecular flexibility index (Phi) is 10.7. The number of carbonyl (C=O) groups is 1. The number of allylic oxidation sites excluding steroid dienone is 2. The molecule has 2 nitrogen and oxygen atoms in total. The first-order valence-corrected chi connectivity index (χ1v) is 6.14. The molecule has 0 heterocycles. The summed E-state index contributed by atoms with van der Waals surface area (Å²) in [5.74, 6) is -0.692. The van der Waals surface area contributed by atoms with E-state index in [-0.39, 0.29) is 0 Å². The van der Waals surface area contributed by atoms with Gasteiger partial charge in [0, 0.05) is 6.42 Å². The van der Waals surface area contributed by atoms with Crippen LogP contribution in [-0.2, 0) is 4.79 Å². The van der Waals surface area contributed by atoms with Gasteiger partial charge in [-0.1, -0.05) is 44.8 Å². The van der Waals surface area contributed by atoms with Crippen molar-refractivity contribution in [3.63, 3.8) is 0 Å². The summed E-state index contributed by atoms with van der Waals surface area (Å²) in [7, 11) is 0. The van der Waals surface area contributed by atoms with Crippen LogP contribution in [0.5, 0.6) is 0 Å². The van der Waals surface area contributed by atoms with E-state index in [2.05, 4.69) is 19.1 Å². The Labute approximate surface area is 93.4 Å². The molecule has 1 N–H and O–H groups in total. The van der Waals surface area contributed by atoms with Crippen LogP contribution in [0.25, 0.3) is 0 Å². The molecule has 0 amide bonds. The second-order valence-electron chi connectivity index (χ2n) is 3.96. The predicted molar refractivity (Wildman–Crippen MR) is 64.0 cm³/mol. The van der Waals surface area contributed by atoms with E-state index in [1.807, 2.05) is 0 Å². The van der Waals surface area contributed by atoms with Gasteiger partial charge in [-0.2, -0.15) is 0 Å². The average molecular weight is 212 g/mol. The molecule has 88 valence electrons. The molecular weight excluding hydrogens is 188 g/mol. The largest absolute Gasteiger partial charge is 0.481 e. The lowest BCUT2D eigenvalue weighted by Crippen LogP contribution is -1.92. The molecule has 0 atom stereocenters. The number of hydrogen-bond donors (Lipinski definition) is 1. The molecular formula is C13H24O2. The van der Waals surface area contributed by atoms with Crippen LogP contribution in [0.2, 0.25) is 0 Å². The molecule has 2 heteroatoms. The fourth-order valence-corrected chi connectivity index (χ4v) is 1.47. The second kappa shape index (κ2) is 11.3. The molecule has 0 aliphatic carbocycles. The minimum Gasteiger partial charge on any atom is -0.481 e. The lowest BCUT2D eigenvalue weighted by Gasteiger charge is -1.96. The van der Waals surface area contributed by atoms with Crippen LogP contribution in [0, 0.1) is 0 Å². The van der Waals surface area contributed by atoms with Crippen molar-refractivity contribution in [2.75, 3.05) is 0 Å². The van der Waals surface area contributed by atoms with Gasteiger partial charge in [-0.3, -0.25) is 4.79 Å². The summed E-state index contributed by atoms with van der Waals surface area (Å²) in [5, 5.41) is 8.41. The molecule has 0 rings (SSSR count). The maximum absolute atomic E-state index is 10.2. The molecule has 0 saturated heterocycles. The number of carboxylic acid groups (broad SMARTS) is 1. The zero-order valence-electron chi connectivity index (χ0n) is 9.87. The summed E-state index contributed by atoms with van der Waals surface area (Å²) in [6.45, 7) is 2.22. The van der Waals surface area contributed by atoms with Crippen LogP contribution in [0.3, 0.4) is 0 Å². The van der Waals surface area contributed by atoms with E-state index in [1.165, 1.54) is 32.1 Å². The highest BCUT2D eigenvalue weighted by atomic mass is 16.4. The molecule has 0 saturated carbocycles. The quantitative estimate of drug-likeness (QED) is 0.436. The van der Waals surface area contributed by atoms with Gasteiger partial charge in [-0.25, -0.2) is 0 Å². The Morgan fingerprint density at radius 2 is 1.60 bits per heavy atom. The van der Waals surface area contributed by atoms with Crippen LogP contribution in [0.1, 0.15) is 64.7 Å². The van der Waals surface area contributed by atoms with Gasteiger partial charge >= 0.3 is 5.97 Å². The van der Waals surface area contributed by atoms with Gasteiger partial charge in [0.05, 0.1) is 0 Å². The van der Waals surface area contributed by atoms with Crippen molar-refractivity contribution in [1.82, 2.24) is 0 Å². The van der Waals surface area contributed by atoms with Gasteiger partial charge in [0.15, 0.2) is 0 Å². The number of unbranched alkanes of at least 4 members (excludes halogenated alkanes) is 6.